The van der Waals surface area contributed by atoms with Crippen LogP contribution >= 0.6 is 11.3 Å². The Balaban J connectivity index is 1.85. The van der Waals surface area contributed by atoms with Crippen LogP contribution in [0.3, 0.4) is 0 Å². The zero-order valence-electron chi connectivity index (χ0n) is 12.0. The third-order valence-corrected chi connectivity index (χ3v) is 4.38. The molecule has 0 saturated heterocycles. The van der Waals surface area contributed by atoms with Gasteiger partial charge in [-0.05, 0) is 34.9 Å². The van der Waals surface area contributed by atoms with Crippen LogP contribution < -0.4 is 10.5 Å². The summed E-state index contributed by atoms with van der Waals surface area (Å²) in [5.41, 5.74) is 7.55. The summed E-state index contributed by atoms with van der Waals surface area (Å²) in [5.74, 6) is 0.878. The van der Waals surface area contributed by atoms with E-state index in [1.807, 2.05) is 17.6 Å². The van der Waals surface area contributed by atoms with Gasteiger partial charge in [-0.25, -0.2) is 4.98 Å². The maximum Gasteiger partial charge on any atom is 0.119 e. The first-order valence-electron chi connectivity index (χ1n) is 6.96. The molecule has 3 nitrogen and oxygen atoms in total. The second kappa shape index (κ2) is 6.24. The second-order valence-electron chi connectivity index (χ2n) is 5.10. The fourth-order valence-corrected chi connectivity index (χ4v) is 3.27. The van der Waals surface area contributed by atoms with E-state index in [-0.39, 0.29) is 6.04 Å². The number of hydrogen-bond donors (Lipinski definition) is 1. The van der Waals surface area contributed by atoms with E-state index in [1.165, 1.54) is 16.3 Å². The molecular weight excluding hydrogens is 280 g/mol. The van der Waals surface area contributed by atoms with Gasteiger partial charge in [0.05, 0.1) is 12.1 Å². The summed E-state index contributed by atoms with van der Waals surface area (Å²) in [7, 11) is 1.69. The number of methoxy groups -OCH3 is 1. The molecule has 1 unspecified atom stereocenters. The molecule has 1 aromatic heterocycles. The Bertz CT molecular complexity index is 725. The van der Waals surface area contributed by atoms with Gasteiger partial charge in [-0.2, -0.15) is 0 Å². The van der Waals surface area contributed by atoms with Gasteiger partial charge in [0.15, 0.2) is 0 Å². The van der Waals surface area contributed by atoms with Crippen LogP contribution in [0.2, 0.25) is 0 Å². The molecule has 0 aliphatic rings. The second-order valence-corrected chi connectivity index (χ2v) is 6.08. The van der Waals surface area contributed by atoms with Crippen molar-refractivity contribution in [1.82, 2.24) is 4.98 Å². The molecule has 0 aliphatic heterocycles. The van der Waals surface area contributed by atoms with Crippen molar-refractivity contribution in [3.8, 4) is 5.75 Å². The minimum atomic E-state index is 0.0768. The van der Waals surface area contributed by atoms with E-state index in [0.29, 0.717) is 0 Å². The number of nitrogens with zero attached hydrogens (tertiary/aromatic N) is 1. The molecule has 0 spiro atoms. The molecule has 0 amide bonds. The Morgan fingerprint density at radius 3 is 2.90 bits per heavy atom. The van der Waals surface area contributed by atoms with Crippen LogP contribution in [0.5, 0.6) is 5.75 Å². The molecule has 2 aromatic carbocycles. The number of rotatable bonds is 5. The zero-order chi connectivity index (χ0) is 14.7. The van der Waals surface area contributed by atoms with Gasteiger partial charge in [-0.15, -0.1) is 11.3 Å². The Hall–Kier alpha value is -1.91. The van der Waals surface area contributed by atoms with E-state index in [1.54, 1.807) is 18.4 Å². The third kappa shape index (κ3) is 3.23. The van der Waals surface area contributed by atoms with E-state index in [2.05, 4.69) is 35.3 Å². The van der Waals surface area contributed by atoms with E-state index in [9.17, 15) is 0 Å². The van der Waals surface area contributed by atoms with Crippen LogP contribution in [-0.2, 0) is 12.8 Å². The van der Waals surface area contributed by atoms with Gasteiger partial charge in [0.2, 0.25) is 0 Å². The minimum Gasteiger partial charge on any atom is -0.497 e. The fourth-order valence-electron chi connectivity index (χ4n) is 2.55. The number of hydrogen-bond acceptors (Lipinski definition) is 4. The van der Waals surface area contributed by atoms with Gasteiger partial charge in [0.1, 0.15) is 5.75 Å². The van der Waals surface area contributed by atoms with Gasteiger partial charge < -0.3 is 10.5 Å². The van der Waals surface area contributed by atoms with Gasteiger partial charge in [0.25, 0.3) is 0 Å². The van der Waals surface area contributed by atoms with Crippen molar-refractivity contribution in [3.05, 3.63) is 58.5 Å². The molecule has 0 fully saturated rings. The summed E-state index contributed by atoms with van der Waals surface area (Å²) >= 11 is 1.66. The van der Waals surface area contributed by atoms with E-state index in [0.717, 1.165) is 23.6 Å². The van der Waals surface area contributed by atoms with Crippen LogP contribution in [0.4, 0.5) is 0 Å². The lowest BCUT2D eigenvalue weighted by Gasteiger charge is -2.13. The first-order chi connectivity index (χ1) is 10.3. The Labute approximate surface area is 128 Å². The summed E-state index contributed by atoms with van der Waals surface area (Å²) in [6, 6.07) is 12.6. The molecule has 0 saturated carbocycles. The van der Waals surface area contributed by atoms with Crippen LogP contribution in [0, 0.1) is 0 Å². The van der Waals surface area contributed by atoms with E-state index >= 15 is 0 Å². The lowest BCUT2D eigenvalue weighted by Crippen LogP contribution is -2.25. The lowest BCUT2D eigenvalue weighted by molar-refractivity contribution is 0.415. The van der Waals surface area contributed by atoms with Crippen molar-refractivity contribution in [3.63, 3.8) is 0 Å². The molecule has 0 radical (unpaired) electrons. The van der Waals surface area contributed by atoms with Gasteiger partial charge in [0, 0.05) is 24.0 Å². The molecule has 0 aliphatic carbocycles. The Morgan fingerprint density at radius 1 is 1.24 bits per heavy atom. The number of fused-ring (bicyclic) bond motifs is 1. The molecule has 2 N–H and O–H groups in total. The summed E-state index contributed by atoms with van der Waals surface area (Å²) in [6.45, 7) is 0. The van der Waals surface area contributed by atoms with Crippen LogP contribution in [0.15, 0.2) is 48.0 Å². The molecular formula is C17H18N2OS. The highest BCUT2D eigenvalue weighted by Crippen LogP contribution is 2.25. The smallest absolute Gasteiger partial charge is 0.119 e. The third-order valence-electron chi connectivity index (χ3n) is 3.58. The quantitative estimate of drug-likeness (QED) is 0.785. The predicted octanol–water partition coefficient (Wildman–Crippen LogP) is 3.42. The van der Waals surface area contributed by atoms with Crippen molar-refractivity contribution in [2.45, 2.75) is 18.9 Å². The highest BCUT2D eigenvalue weighted by Gasteiger charge is 2.10. The van der Waals surface area contributed by atoms with Crippen molar-refractivity contribution in [2.75, 3.05) is 7.11 Å². The average Bonchev–Trinajstić information content (AvgIpc) is 3.00. The molecule has 3 rings (SSSR count). The number of nitrogens with two attached hydrogens (primary N) is 1. The molecule has 4 heteroatoms. The van der Waals surface area contributed by atoms with Gasteiger partial charge >= 0.3 is 0 Å². The summed E-state index contributed by atoms with van der Waals surface area (Å²) in [4.78, 5) is 4.31. The van der Waals surface area contributed by atoms with Crippen molar-refractivity contribution in [2.24, 2.45) is 5.73 Å². The van der Waals surface area contributed by atoms with Crippen LogP contribution in [0.25, 0.3) is 10.8 Å². The van der Waals surface area contributed by atoms with Crippen molar-refractivity contribution in [1.29, 1.82) is 0 Å². The first kappa shape index (κ1) is 14.0. The van der Waals surface area contributed by atoms with E-state index in [4.69, 9.17) is 10.5 Å². The SMILES string of the molecule is COc1ccc2cccc(CC(N)Cc3nccs3)c2c1. The van der Waals surface area contributed by atoms with Crippen molar-refractivity contribution >= 4 is 22.1 Å². The molecule has 1 atom stereocenters. The first-order valence-corrected chi connectivity index (χ1v) is 7.84. The minimum absolute atomic E-state index is 0.0768. The highest BCUT2D eigenvalue weighted by atomic mass is 32.1. The maximum absolute atomic E-state index is 6.29. The lowest BCUT2D eigenvalue weighted by atomic mass is 9.98. The van der Waals surface area contributed by atoms with Crippen LogP contribution in [-0.4, -0.2) is 18.1 Å². The number of aromatic nitrogens is 1. The average molecular weight is 298 g/mol. The molecule has 0 bridgehead atoms. The number of ether oxygens (including phenoxy) is 1. The van der Waals surface area contributed by atoms with E-state index < -0.39 is 0 Å². The topological polar surface area (TPSA) is 48.1 Å². The largest absolute Gasteiger partial charge is 0.497 e. The molecule has 21 heavy (non-hydrogen) atoms. The van der Waals surface area contributed by atoms with Crippen molar-refractivity contribution < 1.29 is 4.74 Å². The monoisotopic (exact) mass is 298 g/mol. The Kier molecular flexibility index (Phi) is 4.18. The molecule has 3 aromatic rings. The molecule has 108 valence electrons. The summed E-state index contributed by atoms with van der Waals surface area (Å²) in [5, 5.41) is 5.52. The standard InChI is InChI=1S/C17H18N2OS/c1-20-15-6-5-12-3-2-4-13(16(12)11-15)9-14(18)10-17-19-7-8-21-17/h2-8,11,14H,9-10,18H2,1H3. The normalized spacial score (nSPS) is 12.5. The van der Waals surface area contributed by atoms with Gasteiger partial charge in [-0.1, -0.05) is 24.3 Å². The number of benzene rings is 2. The number of thiazole rings is 1. The predicted molar refractivity (Wildman–Crippen MR) is 88.0 cm³/mol. The molecule has 1 heterocycles. The zero-order valence-corrected chi connectivity index (χ0v) is 12.8. The fraction of sp³-hybridized carbons (Fsp3) is 0.235. The van der Waals surface area contributed by atoms with Gasteiger partial charge in [-0.3, -0.25) is 0 Å². The Morgan fingerprint density at radius 2 is 2.14 bits per heavy atom. The summed E-state index contributed by atoms with van der Waals surface area (Å²) < 4.78 is 5.33. The maximum atomic E-state index is 6.29. The summed E-state index contributed by atoms with van der Waals surface area (Å²) in [6.07, 6.45) is 3.48. The highest BCUT2D eigenvalue weighted by molar-refractivity contribution is 7.09. The van der Waals surface area contributed by atoms with Crippen LogP contribution in [0.1, 0.15) is 10.6 Å².